The van der Waals surface area contributed by atoms with Crippen molar-refractivity contribution in [2.45, 2.75) is 32.7 Å². The summed E-state index contributed by atoms with van der Waals surface area (Å²) in [6, 6.07) is 6.91. The number of amides is 3. The number of nitrogens with one attached hydrogen (secondary N) is 1. The van der Waals surface area contributed by atoms with Crippen LogP contribution in [0.3, 0.4) is 0 Å². The Morgan fingerprint density at radius 2 is 1.77 bits per heavy atom. The molecule has 0 aromatic heterocycles. The summed E-state index contributed by atoms with van der Waals surface area (Å²) in [7, 11) is 1.56. The van der Waals surface area contributed by atoms with Crippen LogP contribution in [-0.4, -0.2) is 59.5 Å². The van der Waals surface area contributed by atoms with E-state index in [1.54, 1.807) is 26.1 Å². The van der Waals surface area contributed by atoms with Crippen LogP contribution in [0.5, 0.6) is 0 Å². The van der Waals surface area contributed by atoms with Crippen LogP contribution in [0.1, 0.15) is 42.1 Å². The number of piperidine rings is 1. The third kappa shape index (κ3) is 5.47. The third-order valence-corrected chi connectivity index (χ3v) is 4.60. The van der Waals surface area contributed by atoms with Crippen molar-refractivity contribution in [3.63, 3.8) is 0 Å². The fraction of sp³-hybridized carbons (Fsp3) is 0.526. The van der Waals surface area contributed by atoms with E-state index in [4.69, 9.17) is 5.11 Å². The van der Waals surface area contributed by atoms with Gasteiger partial charge in [-0.3, -0.25) is 9.59 Å². The first-order chi connectivity index (χ1) is 12.4. The summed E-state index contributed by atoms with van der Waals surface area (Å²) in [6.45, 7) is 3.66. The number of hydrogen-bond acceptors (Lipinski definition) is 3. The molecule has 1 aromatic carbocycles. The number of rotatable bonds is 6. The lowest BCUT2D eigenvalue weighted by Gasteiger charge is -2.26. The predicted molar refractivity (Wildman–Crippen MR) is 97.9 cm³/mol. The van der Waals surface area contributed by atoms with Crippen molar-refractivity contribution in [2.24, 2.45) is 5.92 Å². The van der Waals surface area contributed by atoms with Crippen molar-refractivity contribution in [2.75, 3.05) is 26.7 Å². The maximum atomic E-state index is 12.4. The van der Waals surface area contributed by atoms with E-state index in [1.807, 2.05) is 17.0 Å². The van der Waals surface area contributed by atoms with Gasteiger partial charge in [-0.25, -0.2) is 4.79 Å². The summed E-state index contributed by atoms with van der Waals surface area (Å²) >= 11 is 0. The minimum Gasteiger partial charge on any atom is -0.481 e. The molecular weight excluding hydrogens is 334 g/mol. The minimum absolute atomic E-state index is 0.0580. The normalized spacial score (nSPS) is 15.2. The lowest BCUT2D eigenvalue weighted by molar-refractivity contribution is -0.141. The van der Waals surface area contributed by atoms with E-state index in [2.05, 4.69) is 5.32 Å². The largest absolute Gasteiger partial charge is 0.481 e. The molecule has 142 valence electrons. The van der Waals surface area contributed by atoms with Crippen LogP contribution < -0.4 is 5.32 Å². The molecule has 2 rings (SSSR count). The molecule has 26 heavy (non-hydrogen) atoms. The second-order valence-corrected chi connectivity index (χ2v) is 6.83. The van der Waals surface area contributed by atoms with E-state index in [0.29, 0.717) is 12.1 Å². The molecule has 3 amide bonds. The summed E-state index contributed by atoms with van der Waals surface area (Å²) in [5.41, 5.74) is 1.54. The number of benzene rings is 1. The van der Waals surface area contributed by atoms with Crippen LogP contribution in [0.15, 0.2) is 24.3 Å². The van der Waals surface area contributed by atoms with Crippen LogP contribution >= 0.6 is 0 Å². The van der Waals surface area contributed by atoms with Crippen LogP contribution in [0.25, 0.3) is 0 Å². The minimum atomic E-state index is -0.932. The van der Waals surface area contributed by atoms with Crippen molar-refractivity contribution in [3.05, 3.63) is 35.4 Å². The molecule has 1 saturated heterocycles. The van der Waals surface area contributed by atoms with Crippen molar-refractivity contribution in [1.82, 2.24) is 15.1 Å². The molecule has 0 spiro atoms. The highest BCUT2D eigenvalue weighted by Gasteiger charge is 2.19. The first-order valence-corrected chi connectivity index (χ1v) is 8.98. The number of hydrogen-bond donors (Lipinski definition) is 2. The molecule has 1 aliphatic heterocycles. The molecule has 1 atom stereocenters. The average Bonchev–Trinajstić information content (AvgIpc) is 2.66. The second-order valence-electron chi connectivity index (χ2n) is 6.83. The highest BCUT2D eigenvalue weighted by atomic mass is 16.4. The number of urea groups is 1. The molecule has 1 unspecified atom stereocenters. The molecule has 1 heterocycles. The van der Waals surface area contributed by atoms with Gasteiger partial charge in [0.15, 0.2) is 0 Å². The van der Waals surface area contributed by atoms with Gasteiger partial charge in [0.25, 0.3) is 5.91 Å². The van der Waals surface area contributed by atoms with Crippen molar-refractivity contribution >= 4 is 17.9 Å². The molecule has 2 N–H and O–H groups in total. The fourth-order valence-electron chi connectivity index (χ4n) is 2.93. The molecule has 1 aliphatic rings. The molecule has 1 fully saturated rings. The third-order valence-electron chi connectivity index (χ3n) is 4.60. The van der Waals surface area contributed by atoms with Gasteiger partial charge >= 0.3 is 12.0 Å². The van der Waals surface area contributed by atoms with Crippen molar-refractivity contribution < 1.29 is 19.5 Å². The van der Waals surface area contributed by atoms with Gasteiger partial charge in [0.2, 0.25) is 0 Å². The van der Waals surface area contributed by atoms with Crippen molar-refractivity contribution in [3.8, 4) is 0 Å². The second kappa shape index (κ2) is 9.22. The standard InChI is InChI=1S/C19H27N3O4/c1-14(18(24)25)13-21(2)19(26)20-12-15-6-8-16(9-7-15)17(23)22-10-4-3-5-11-22/h6-9,14H,3-5,10-13H2,1-2H3,(H,20,26)(H,24,25). The zero-order chi connectivity index (χ0) is 19.1. The number of carboxylic acids is 1. The molecule has 7 heteroatoms. The quantitative estimate of drug-likeness (QED) is 0.813. The first kappa shape index (κ1) is 19.8. The summed E-state index contributed by atoms with van der Waals surface area (Å²) in [6.07, 6.45) is 3.30. The number of carbonyl (C=O) groups is 3. The Hall–Kier alpha value is -2.57. The Balaban J connectivity index is 1.84. The van der Waals surface area contributed by atoms with Gasteiger partial charge in [0.1, 0.15) is 0 Å². The van der Waals surface area contributed by atoms with E-state index in [9.17, 15) is 14.4 Å². The SMILES string of the molecule is CC(CN(C)C(=O)NCc1ccc(C(=O)N2CCCCC2)cc1)C(=O)O. The van der Waals surface area contributed by atoms with Gasteiger partial charge in [0.05, 0.1) is 5.92 Å². The number of carboxylic acid groups (broad SMARTS) is 1. The Kier molecular flexibility index (Phi) is 7.00. The van der Waals surface area contributed by atoms with E-state index in [-0.39, 0.29) is 18.5 Å². The highest BCUT2D eigenvalue weighted by Crippen LogP contribution is 2.14. The van der Waals surface area contributed by atoms with Gasteiger partial charge in [-0.2, -0.15) is 0 Å². The smallest absolute Gasteiger partial charge is 0.317 e. The summed E-state index contributed by atoms with van der Waals surface area (Å²) in [5, 5.41) is 11.6. The topological polar surface area (TPSA) is 90.0 Å². The van der Waals surface area contributed by atoms with E-state index in [0.717, 1.165) is 31.5 Å². The Labute approximate surface area is 154 Å². The Bertz CT molecular complexity index is 639. The van der Waals surface area contributed by atoms with Crippen LogP contribution in [0.4, 0.5) is 4.79 Å². The number of carbonyl (C=O) groups excluding carboxylic acids is 2. The Morgan fingerprint density at radius 3 is 2.35 bits per heavy atom. The zero-order valence-corrected chi connectivity index (χ0v) is 15.4. The number of nitrogens with zero attached hydrogens (tertiary/aromatic N) is 2. The van der Waals surface area contributed by atoms with E-state index < -0.39 is 11.9 Å². The highest BCUT2D eigenvalue weighted by molar-refractivity contribution is 5.94. The summed E-state index contributed by atoms with van der Waals surface area (Å²) in [4.78, 5) is 38.5. The van der Waals surface area contributed by atoms with Gasteiger partial charge in [-0.15, -0.1) is 0 Å². The summed E-state index contributed by atoms with van der Waals surface area (Å²) in [5.74, 6) is -1.49. The van der Waals surface area contributed by atoms with Crippen LogP contribution in [0, 0.1) is 5.92 Å². The van der Waals surface area contributed by atoms with Crippen LogP contribution in [0.2, 0.25) is 0 Å². The predicted octanol–water partition coefficient (Wildman–Crippen LogP) is 2.17. The maximum Gasteiger partial charge on any atom is 0.317 e. The molecule has 0 aliphatic carbocycles. The average molecular weight is 361 g/mol. The van der Waals surface area contributed by atoms with Crippen LogP contribution in [-0.2, 0) is 11.3 Å². The molecular formula is C19H27N3O4. The molecule has 1 aromatic rings. The molecule has 0 saturated carbocycles. The fourth-order valence-corrected chi connectivity index (χ4v) is 2.93. The molecule has 7 nitrogen and oxygen atoms in total. The lowest BCUT2D eigenvalue weighted by Crippen LogP contribution is -2.40. The van der Waals surface area contributed by atoms with E-state index in [1.165, 1.54) is 11.3 Å². The summed E-state index contributed by atoms with van der Waals surface area (Å²) < 4.78 is 0. The van der Waals surface area contributed by atoms with Crippen molar-refractivity contribution in [1.29, 1.82) is 0 Å². The lowest BCUT2D eigenvalue weighted by atomic mass is 10.1. The first-order valence-electron chi connectivity index (χ1n) is 8.98. The monoisotopic (exact) mass is 361 g/mol. The zero-order valence-electron chi connectivity index (χ0n) is 15.4. The maximum absolute atomic E-state index is 12.4. The van der Waals surface area contributed by atoms with Gasteiger partial charge < -0.3 is 20.2 Å². The molecule has 0 radical (unpaired) electrons. The number of likely N-dealkylation sites (tertiary alicyclic amines) is 1. The van der Waals surface area contributed by atoms with E-state index >= 15 is 0 Å². The number of aliphatic carboxylic acids is 1. The van der Waals surface area contributed by atoms with Gasteiger partial charge in [-0.1, -0.05) is 19.1 Å². The van der Waals surface area contributed by atoms with Gasteiger partial charge in [0, 0.05) is 38.8 Å². The molecule has 0 bridgehead atoms. The van der Waals surface area contributed by atoms with Gasteiger partial charge in [-0.05, 0) is 37.0 Å². The Morgan fingerprint density at radius 1 is 1.15 bits per heavy atom.